The molecule has 1 aliphatic heterocycles. The highest BCUT2D eigenvalue weighted by Gasteiger charge is 2.11. The molecule has 418 valence electrons. The summed E-state index contributed by atoms with van der Waals surface area (Å²) in [6.45, 7) is 47.5. The maximum Gasteiger partial charge on any atom is 0.219 e. The van der Waals surface area contributed by atoms with Crippen LogP contribution in [-0.2, 0) is 54.3 Å². The Labute approximate surface area is 414 Å². The number of benzene rings is 1. The number of likely N-dealkylation sites (tertiary alicyclic amines) is 1. The number of aryl methyl sites for hydroxylation is 1. The summed E-state index contributed by atoms with van der Waals surface area (Å²) in [5.41, 5.74) is 24.0. The van der Waals surface area contributed by atoms with E-state index < -0.39 is 0 Å². The summed E-state index contributed by atoms with van der Waals surface area (Å²) in [5, 5.41) is 8.06. The summed E-state index contributed by atoms with van der Waals surface area (Å²) >= 11 is 0. The van der Waals surface area contributed by atoms with Gasteiger partial charge in [0, 0.05) is 32.7 Å². The zero-order valence-electron chi connectivity index (χ0n) is 47.1. The molecule has 0 radical (unpaired) electrons. The van der Waals surface area contributed by atoms with Gasteiger partial charge in [-0.15, -0.1) is 0 Å². The lowest BCUT2D eigenvalue weighted by Gasteiger charge is -2.24. The van der Waals surface area contributed by atoms with Crippen LogP contribution in [0.3, 0.4) is 0 Å². The smallest absolute Gasteiger partial charge is 0.219 e. The van der Waals surface area contributed by atoms with Gasteiger partial charge in [0.1, 0.15) is 54.3 Å². The van der Waals surface area contributed by atoms with Gasteiger partial charge in [-0.05, 0) is 120 Å². The van der Waals surface area contributed by atoms with Crippen molar-refractivity contribution in [1.82, 2.24) is 23.4 Å². The number of nitrogens with zero attached hydrogens (tertiary/aromatic N) is 1. The van der Waals surface area contributed by atoms with E-state index in [-0.39, 0.29) is 36.1 Å². The van der Waals surface area contributed by atoms with Crippen LogP contribution in [0, 0.1) is 11.8 Å². The zero-order chi connectivity index (χ0) is 56.6. The second-order valence-electron chi connectivity index (χ2n) is 11.6. The maximum absolute atomic E-state index is 10.7. The first-order chi connectivity index (χ1) is 30.6. The van der Waals surface area contributed by atoms with Gasteiger partial charge in [0.15, 0.2) is 0 Å². The molecule has 0 aliphatic carbocycles. The van der Waals surface area contributed by atoms with E-state index in [0.29, 0.717) is 0 Å². The molecule has 20 N–H and O–H groups in total. The Balaban J connectivity index is -0.0000000200. The Kier molecular flexibility index (Phi) is 369. The van der Waals surface area contributed by atoms with Crippen LogP contribution in [0.5, 0.6) is 0 Å². The summed E-state index contributed by atoms with van der Waals surface area (Å²) in [4.78, 5) is 76.6. The van der Waals surface area contributed by atoms with Crippen molar-refractivity contribution in [1.29, 1.82) is 0 Å². The fourth-order valence-corrected chi connectivity index (χ4v) is 2.36. The number of hydrogen-bond donors (Lipinski definition) is 9. The number of hydrogen-bond acceptors (Lipinski definition) is 19. The fraction of sp³-hybridized carbons (Fsp3) is 0.681. The fourth-order valence-electron chi connectivity index (χ4n) is 2.36. The summed E-state index contributed by atoms with van der Waals surface area (Å²) in [5.74, 6) is 2.00. The number of piperidine rings is 1. The van der Waals surface area contributed by atoms with E-state index in [0.717, 1.165) is 38.0 Å². The van der Waals surface area contributed by atoms with E-state index in [1.54, 1.807) is 20.8 Å². The number of rotatable bonds is 4. The average Bonchev–Trinajstić information content (AvgIpc) is 3.38. The van der Waals surface area contributed by atoms with Gasteiger partial charge in [-0.25, -0.2) is 0 Å². The average molecular weight is 987 g/mol. The Hall–Kier alpha value is -4.35. The lowest BCUT2D eigenvalue weighted by molar-refractivity contribution is -0.129. The molecule has 67 heavy (non-hydrogen) atoms. The van der Waals surface area contributed by atoms with Crippen molar-refractivity contribution in [2.45, 2.75) is 147 Å². The monoisotopic (exact) mass is 986 g/mol. The van der Waals surface area contributed by atoms with Crippen LogP contribution in [0.2, 0.25) is 0 Å². The minimum absolute atomic E-state index is 0. The molecule has 0 aromatic heterocycles. The van der Waals surface area contributed by atoms with Crippen LogP contribution >= 0.6 is 0 Å². The van der Waals surface area contributed by atoms with Gasteiger partial charge in [-0.1, -0.05) is 91.6 Å². The third kappa shape index (κ3) is 333. The molecule has 1 fully saturated rings. The van der Waals surface area contributed by atoms with E-state index in [1.807, 2.05) is 72.2 Å². The second-order valence-corrected chi connectivity index (χ2v) is 11.6. The molecular formula is C47H119N9O11. The molecule has 1 saturated heterocycles. The van der Waals surface area contributed by atoms with Crippen LogP contribution < -0.4 is 47.1 Å². The highest BCUT2D eigenvalue weighted by Crippen LogP contribution is 2.07. The molecule has 0 unspecified atom stereocenters. The summed E-state index contributed by atoms with van der Waals surface area (Å²) < 4.78 is 5.23. The summed E-state index contributed by atoms with van der Waals surface area (Å²) in [6, 6.07) is 10.5. The molecule has 1 aromatic rings. The lowest BCUT2D eigenvalue weighted by atomic mass is 10.1. The van der Waals surface area contributed by atoms with Crippen molar-refractivity contribution in [2.24, 2.45) is 40.5 Å². The number of aliphatic hydroxyl groups excluding tert-OH is 1. The second kappa shape index (κ2) is 189. The molecule has 0 saturated carbocycles. The third-order valence-electron chi connectivity index (χ3n) is 5.26. The highest BCUT2D eigenvalue weighted by molar-refractivity contribution is 5.73. The molecule has 20 heteroatoms. The molecular weight excluding hydrogens is 867 g/mol. The van der Waals surface area contributed by atoms with E-state index in [9.17, 15) is 4.79 Å². The Morgan fingerprint density at radius 3 is 0.851 bits per heavy atom. The SMILES string of the molecule is C=O.C=O.C=O.C=O.C=O.C=O.C=O.C=O.CC(=O)N1CCCCC1.CC(C)O.CCC(C)C.CCC(C)C.CCOC(C)(C)C.CCc1ccccc1.CN.CN.CN.CN.CN.N.N.N. The Morgan fingerprint density at radius 1 is 0.552 bits per heavy atom. The predicted octanol–water partition coefficient (Wildman–Crippen LogP) is 6.46. The standard InChI is InChI=1S/C8H10.C7H13NO.C6H14O.2C5H12.C3H8O.5CH5N.8CH2O.3H3N/c1-2-8-6-4-3-5-7-8;1-7(9)8-5-3-2-4-6-8;1-5-7-6(2,3)4;2*1-4-5(2)3;1-3(2)4;13*1-2;;;/h3-7H,2H2,1H3;2-6H2,1H3;5H2,1-4H3;2*5H,4H2,1-3H3;3-4H,1-2H3;5*2H2,1H3;8*1H2;3*1H3. The van der Waals surface area contributed by atoms with Gasteiger partial charge >= 0.3 is 0 Å². The molecule has 1 amide bonds. The van der Waals surface area contributed by atoms with Gasteiger partial charge in [-0.2, -0.15) is 0 Å². The molecule has 1 aliphatic rings. The Morgan fingerprint density at radius 2 is 0.761 bits per heavy atom. The van der Waals surface area contributed by atoms with Gasteiger partial charge in [0.05, 0.1) is 5.60 Å². The quantitative estimate of drug-likeness (QED) is 0.156. The van der Waals surface area contributed by atoms with E-state index >= 15 is 0 Å². The predicted molar refractivity (Wildman–Crippen MR) is 294 cm³/mol. The van der Waals surface area contributed by atoms with E-state index in [1.165, 1.54) is 72.9 Å². The van der Waals surface area contributed by atoms with Crippen molar-refractivity contribution in [3.63, 3.8) is 0 Å². The maximum atomic E-state index is 10.7. The highest BCUT2D eigenvalue weighted by atomic mass is 16.5. The number of carbonyl (C=O) groups excluding carboxylic acids is 9. The Bertz CT molecular complexity index is 710. The first-order valence-corrected chi connectivity index (χ1v) is 20.4. The van der Waals surface area contributed by atoms with Crippen LogP contribution in [0.15, 0.2) is 30.3 Å². The number of aliphatic hydroxyl groups is 1. The summed E-state index contributed by atoms with van der Waals surface area (Å²) in [7, 11) is 7.50. The molecule has 2 rings (SSSR count). The molecule has 0 atom stereocenters. The number of carbonyl (C=O) groups is 9. The lowest BCUT2D eigenvalue weighted by Crippen LogP contribution is -2.33. The largest absolute Gasteiger partial charge is 0.394 e. The van der Waals surface area contributed by atoms with E-state index in [4.69, 9.17) is 48.2 Å². The van der Waals surface area contributed by atoms with Gasteiger partial charge in [-0.3, -0.25) is 4.79 Å². The number of amides is 1. The van der Waals surface area contributed by atoms with Crippen LogP contribution in [0.1, 0.15) is 135 Å². The molecule has 1 heterocycles. The van der Waals surface area contributed by atoms with Crippen molar-refractivity contribution >= 4 is 60.2 Å². The van der Waals surface area contributed by atoms with Gasteiger partial charge < -0.3 is 100 Å². The van der Waals surface area contributed by atoms with Crippen LogP contribution in [0.25, 0.3) is 0 Å². The molecule has 1 aromatic carbocycles. The number of nitrogens with two attached hydrogens (primary N) is 5. The zero-order valence-corrected chi connectivity index (χ0v) is 47.1. The minimum Gasteiger partial charge on any atom is -0.394 e. The van der Waals surface area contributed by atoms with Crippen molar-refractivity contribution in [3.05, 3.63) is 35.9 Å². The van der Waals surface area contributed by atoms with Crippen molar-refractivity contribution < 1.29 is 53.0 Å². The molecule has 20 nitrogen and oxygen atoms in total. The van der Waals surface area contributed by atoms with Gasteiger partial charge in [0.2, 0.25) is 5.91 Å². The topological polar surface area (TPSA) is 421 Å². The van der Waals surface area contributed by atoms with E-state index in [2.05, 4.69) is 122 Å². The number of ether oxygens (including phenoxy) is 1. The normalized spacial score (nSPS) is 7.91. The minimum atomic E-state index is -0.167. The van der Waals surface area contributed by atoms with Crippen LogP contribution in [-0.4, -0.2) is 137 Å². The molecule has 0 spiro atoms. The first-order valence-electron chi connectivity index (χ1n) is 20.4. The van der Waals surface area contributed by atoms with Crippen molar-refractivity contribution in [3.8, 4) is 0 Å². The summed E-state index contributed by atoms with van der Waals surface area (Å²) in [6.07, 6.45) is 7.27. The third-order valence-corrected chi connectivity index (χ3v) is 5.26. The van der Waals surface area contributed by atoms with Gasteiger partial charge in [0.25, 0.3) is 0 Å². The van der Waals surface area contributed by atoms with Crippen molar-refractivity contribution in [2.75, 3.05) is 54.9 Å². The first kappa shape index (κ1) is 131. The molecule has 0 bridgehead atoms. The van der Waals surface area contributed by atoms with Crippen LogP contribution in [0.4, 0.5) is 0 Å².